The molecule has 3 rings (SSSR count). The third-order valence-electron chi connectivity index (χ3n) is 5.19. The van der Waals surface area contributed by atoms with E-state index in [1.54, 1.807) is 0 Å². The molecule has 0 spiro atoms. The first-order valence-electron chi connectivity index (χ1n) is 8.92. The number of hydrogen-bond acceptors (Lipinski definition) is 3. The quantitative estimate of drug-likeness (QED) is 0.925. The first kappa shape index (κ1) is 15.8. The fraction of sp³-hybridized carbons (Fsp3) is 0.684. The Morgan fingerprint density at radius 3 is 2.59 bits per heavy atom. The summed E-state index contributed by atoms with van der Waals surface area (Å²) in [5, 5.41) is 3.47. The second kappa shape index (κ2) is 7.47. The van der Waals surface area contributed by atoms with Crippen LogP contribution in [0, 0.1) is 5.92 Å². The highest BCUT2D eigenvalue weighted by molar-refractivity contribution is 5.36. The smallest absolute Gasteiger partial charge is 0.119 e. The lowest BCUT2D eigenvalue weighted by Crippen LogP contribution is -2.39. The highest BCUT2D eigenvalue weighted by Gasteiger charge is 2.21. The Kier molecular flexibility index (Phi) is 5.37. The molecule has 0 aliphatic carbocycles. The second-order valence-corrected chi connectivity index (χ2v) is 7.06. The Balaban J connectivity index is 1.51. The van der Waals surface area contributed by atoms with Gasteiger partial charge in [0.1, 0.15) is 5.75 Å². The van der Waals surface area contributed by atoms with Crippen molar-refractivity contribution < 1.29 is 4.74 Å². The van der Waals surface area contributed by atoms with E-state index in [2.05, 4.69) is 42.3 Å². The average Bonchev–Trinajstić information content (AvgIpc) is 2.78. The lowest BCUT2D eigenvalue weighted by atomic mass is 9.97. The molecule has 2 heterocycles. The van der Waals surface area contributed by atoms with Crippen molar-refractivity contribution in [3.05, 3.63) is 29.3 Å². The molecule has 1 fully saturated rings. The van der Waals surface area contributed by atoms with E-state index in [1.807, 2.05) is 0 Å². The maximum absolute atomic E-state index is 6.11. The van der Waals surface area contributed by atoms with Crippen LogP contribution in [0.25, 0.3) is 0 Å². The zero-order valence-corrected chi connectivity index (χ0v) is 14.1. The molecule has 2 aliphatic rings. The molecule has 1 aromatic rings. The number of ether oxygens (including phenoxy) is 1. The van der Waals surface area contributed by atoms with Crippen molar-refractivity contribution in [3.8, 4) is 5.75 Å². The number of nitrogens with one attached hydrogen (secondary N) is 1. The summed E-state index contributed by atoms with van der Waals surface area (Å²) in [6.07, 6.45) is 4.81. The van der Waals surface area contributed by atoms with Crippen LogP contribution >= 0.6 is 0 Å². The molecular weight excluding hydrogens is 272 g/mol. The van der Waals surface area contributed by atoms with Crippen molar-refractivity contribution >= 4 is 0 Å². The van der Waals surface area contributed by atoms with Gasteiger partial charge in [-0.3, -0.25) is 0 Å². The molecule has 1 saturated heterocycles. The predicted octanol–water partition coefficient (Wildman–Crippen LogP) is 2.87. The first-order valence-corrected chi connectivity index (χ1v) is 8.92. The lowest BCUT2D eigenvalue weighted by molar-refractivity contribution is 0.119. The fourth-order valence-electron chi connectivity index (χ4n) is 3.59. The predicted molar refractivity (Wildman–Crippen MR) is 91.6 cm³/mol. The Morgan fingerprint density at radius 1 is 1.14 bits per heavy atom. The minimum Gasteiger partial charge on any atom is -0.493 e. The highest BCUT2D eigenvalue weighted by Crippen LogP contribution is 2.23. The number of likely N-dealkylation sites (tertiary alicyclic amines) is 1. The summed E-state index contributed by atoms with van der Waals surface area (Å²) in [5.74, 6) is 1.78. The van der Waals surface area contributed by atoms with Gasteiger partial charge in [0.25, 0.3) is 0 Å². The van der Waals surface area contributed by atoms with Gasteiger partial charge >= 0.3 is 0 Å². The van der Waals surface area contributed by atoms with Gasteiger partial charge in [-0.25, -0.2) is 0 Å². The van der Waals surface area contributed by atoms with E-state index in [1.165, 1.54) is 37.1 Å². The molecular formula is C19H30N2O. The maximum atomic E-state index is 6.11. The van der Waals surface area contributed by atoms with Gasteiger partial charge in [0.05, 0.1) is 6.61 Å². The summed E-state index contributed by atoms with van der Waals surface area (Å²) < 4.78 is 6.11. The summed E-state index contributed by atoms with van der Waals surface area (Å²) in [6.45, 7) is 10.1. The van der Waals surface area contributed by atoms with E-state index in [9.17, 15) is 0 Å². The maximum Gasteiger partial charge on any atom is 0.119 e. The van der Waals surface area contributed by atoms with Crippen LogP contribution in [0.3, 0.4) is 0 Å². The molecule has 2 aliphatic heterocycles. The highest BCUT2D eigenvalue weighted by atomic mass is 16.5. The normalized spacial score (nSPS) is 20.7. The minimum atomic E-state index is 0.681. The van der Waals surface area contributed by atoms with Crippen LogP contribution in [0.4, 0.5) is 0 Å². The molecule has 122 valence electrons. The van der Waals surface area contributed by atoms with Crippen LogP contribution in [0.2, 0.25) is 0 Å². The monoisotopic (exact) mass is 302 g/mol. The van der Waals surface area contributed by atoms with E-state index in [4.69, 9.17) is 4.74 Å². The minimum absolute atomic E-state index is 0.681. The molecule has 22 heavy (non-hydrogen) atoms. The van der Waals surface area contributed by atoms with E-state index in [-0.39, 0.29) is 0 Å². The van der Waals surface area contributed by atoms with Gasteiger partial charge in [0.2, 0.25) is 0 Å². The molecule has 3 heteroatoms. The summed E-state index contributed by atoms with van der Waals surface area (Å²) in [5.41, 5.74) is 2.96. The number of rotatable bonds is 4. The van der Waals surface area contributed by atoms with Gasteiger partial charge in [0, 0.05) is 6.04 Å². The lowest BCUT2D eigenvalue weighted by Gasteiger charge is -2.34. The van der Waals surface area contributed by atoms with Gasteiger partial charge in [-0.1, -0.05) is 6.07 Å². The van der Waals surface area contributed by atoms with Crippen molar-refractivity contribution in [1.29, 1.82) is 0 Å². The van der Waals surface area contributed by atoms with Crippen molar-refractivity contribution in [3.63, 3.8) is 0 Å². The molecule has 1 aromatic carbocycles. The molecule has 0 saturated carbocycles. The Hall–Kier alpha value is -1.06. The number of fused-ring (bicyclic) bond motifs is 1. The van der Waals surface area contributed by atoms with Crippen molar-refractivity contribution in [2.75, 3.05) is 32.8 Å². The van der Waals surface area contributed by atoms with Crippen molar-refractivity contribution in [2.24, 2.45) is 5.92 Å². The summed E-state index contributed by atoms with van der Waals surface area (Å²) in [6, 6.07) is 7.37. The van der Waals surface area contributed by atoms with Crippen LogP contribution in [0.5, 0.6) is 5.75 Å². The van der Waals surface area contributed by atoms with E-state index in [0.29, 0.717) is 6.04 Å². The average molecular weight is 302 g/mol. The van der Waals surface area contributed by atoms with Gasteiger partial charge < -0.3 is 15.0 Å². The fourth-order valence-corrected chi connectivity index (χ4v) is 3.59. The molecule has 0 radical (unpaired) electrons. The van der Waals surface area contributed by atoms with E-state index >= 15 is 0 Å². The van der Waals surface area contributed by atoms with Crippen molar-refractivity contribution in [2.45, 2.75) is 45.6 Å². The summed E-state index contributed by atoms with van der Waals surface area (Å²) >= 11 is 0. The molecule has 0 unspecified atom stereocenters. The topological polar surface area (TPSA) is 24.5 Å². The van der Waals surface area contributed by atoms with E-state index in [0.717, 1.165) is 44.2 Å². The molecule has 1 N–H and O–H groups in total. The molecule has 0 bridgehead atoms. The summed E-state index contributed by atoms with van der Waals surface area (Å²) in [4.78, 5) is 2.58. The Bertz CT molecular complexity index is 478. The standard InChI is InChI=1S/C19H30N2O/c1-15(2)21-11-7-16(8-12-21)14-22-19-4-3-17-5-9-20-10-6-18(17)13-19/h3-4,13,15-16,20H,5-12,14H2,1-2H3. The second-order valence-electron chi connectivity index (χ2n) is 7.06. The molecule has 0 amide bonds. The van der Waals surface area contributed by atoms with Gasteiger partial charge in [-0.15, -0.1) is 0 Å². The van der Waals surface area contributed by atoms with Crippen LogP contribution in [0.15, 0.2) is 18.2 Å². The van der Waals surface area contributed by atoms with Crippen LogP contribution < -0.4 is 10.1 Å². The van der Waals surface area contributed by atoms with Crippen LogP contribution in [0.1, 0.15) is 37.8 Å². The number of hydrogen-bond donors (Lipinski definition) is 1. The third kappa shape index (κ3) is 4.02. The Labute approximate surface area is 135 Å². The van der Waals surface area contributed by atoms with Gasteiger partial charge in [-0.2, -0.15) is 0 Å². The SMILES string of the molecule is CC(C)N1CCC(COc2ccc3c(c2)CCNCC3)CC1. The number of nitrogens with zero attached hydrogens (tertiary/aromatic N) is 1. The number of benzene rings is 1. The molecule has 0 aromatic heterocycles. The van der Waals surface area contributed by atoms with Crippen LogP contribution in [-0.2, 0) is 12.8 Å². The van der Waals surface area contributed by atoms with Crippen LogP contribution in [-0.4, -0.2) is 43.7 Å². The molecule has 0 atom stereocenters. The zero-order chi connectivity index (χ0) is 15.4. The third-order valence-corrected chi connectivity index (χ3v) is 5.19. The zero-order valence-electron chi connectivity index (χ0n) is 14.1. The van der Waals surface area contributed by atoms with E-state index < -0.39 is 0 Å². The largest absolute Gasteiger partial charge is 0.493 e. The number of piperidine rings is 1. The van der Waals surface area contributed by atoms with Gasteiger partial charge in [0.15, 0.2) is 0 Å². The van der Waals surface area contributed by atoms with Crippen molar-refractivity contribution in [1.82, 2.24) is 10.2 Å². The Morgan fingerprint density at radius 2 is 1.86 bits per heavy atom. The van der Waals surface area contributed by atoms with Gasteiger partial charge in [-0.05, 0) is 94.9 Å². The first-order chi connectivity index (χ1) is 10.7. The molecule has 3 nitrogen and oxygen atoms in total. The summed E-state index contributed by atoms with van der Waals surface area (Å²) in [7, 11) is 0.